The summed E-state index contributed by atoms with van der Waals surface area (Å²) in [6, 6.07) is 1.89. The lowest BCUT2D eigenvalue weighted by Gasteiger charge is -2.33. The van der Waals surface area contributed by atoms with E-state index in [2.05, 4.69) is 19.8 Å². The second-order valence-electron chi connectivity index (χ2n) is 4.99. The number of aromatic amines is 1. The van der Waals surface area contributed by atoms with E-state index in [-0.39, 0.29) is 12.2 Å². The van der Waals surface area contributed by atoms with Crippen LogP contribution < -0.4 is 5.56 Å². The minimum atomic E-state index is -0.0427. The number of H-pyrrole nitrogens is 1. The van der Waals surface area contributed by atoms with Gasteiger partial charge in [0.05, 0.1) is 18.7 Å². The maximum Gasteiger partial charge on any atom is 0.268 e. The lowest BCUT2D eigenvalue weighted by atomic mass is 10.3. The van der Waals surface area contributed by atoms with E-state index in [1.807, 2.05) is 11.4 Å². The molecule has 2 aromatic rings. The average molecular weight is 294 g/mol. The lowest BCUT2D eigenvalue weighted by Crippen LogP contribution is -2.46. The number of hydrogen-bond acceptors (Lipinski definition) is 6. The Kier molecular flexibility index (Phi) is 4.11. The van der Waals surface area contributed by atoms with Crippen LogP contribution in [-0.2, 0) is 6.54 Å². The summed E-state index contributed by atoms with van der Waals surface area (Å²) in [5.74, 6) is 0.733. The number of aromatic nitrogens is 2. The predicted octanol–water partition coefficient (Wildman–Crippen LogP) is 0.0945. The molecule has 0 radical (unpaired) electrons. The van der Waals surface area contributed by atoms with Crippen molar-refractivity contribution in [1.29, 1.82) is 0 Å². The summed E-state index contributed by atoms with van der Waals surface area (Å²) in [6.07, 6.45) is 0. The van der Waals surface area contributed by atoms with Gasteiger partial charge in [0.2, 0.25) is 0 Å². The maximum atomic E-state index is 11.9. The molecule has 1 saturated heterocycles. The quantitative estimate of drug-likeness (QED) is 0.836. The van der Waals surface area contributed by atoms with E-state index in [1.165, 1.54) is 11.3 Å². The maximum absolute atomic E-state index is 11.9. The molecule has 1 aliphatic heterocycles. The number of aliphatic hydroxyl groups excluding tert-OH is 1. The molecule has 6 nitrogen and oxygen atoms in total. The number of aliphatic hydroxyl groups is 1. The number of nitrogens with one attached hydrogen (secondary N) is 1. The molecule has 108 valence electrons. The molecular formula is C13H18N4O2S. The Morgan fingerprint density at radius 3 is 2.80 bits per heavy atom. The first-order valence-corrected chi connectivity index (χ1v) is 7.66. The molecule has 1 aliphatic rings. The molecule has 0 aliphatic carbocycles. The highest BCUT2D eigenvalue weighted by molar-refractivity contribution is 7.17. The van der Waals surface area contributed by atoms with E-state index in [1.54, 1.807) is 0 Å². The van der Waals surface area contributed by atoms with Crippen molar-refractivity contribution in [1.82, 2.24) is 19.8 Å². The lowest BCUT2D eigenvalue weighted by molar-refractivity contribution is 0.107. The first kappa shape index (κ1) is 13.7. The first-order chi connectivity index (χ1) is 9.76. The summed E-state index contributed by atoms with van der Waals surface area (Å²) < 4.78 is 0.696. The van der Waals surface area contributed by atoms with E-state index >= 15 is 0 Å². The number of nitrogens with zero attached hydrogens (tertiary/aromatic N) is 3. The third-order valence-corrected chi connectivity index (χ3v) is 4.52. The van der Waals surface area contributed by atoms with Crippen LogP contribution in [-0.4, -0.2) is 64.2 Å². The number of piperazine rings is 1. The Labute approximate surface area is 120 Å². The van der Waals surface area contributed by atoms with E-state index in [4.69, 9.17) is 5.11 Å². The van der Waals surface area contributed by atoms with E-state index in [0.717, 1.165) is 44.1 Å². The molecule has 0 aromatic carbocycles. The number of hydrogen-bond donors (Lipinski definition) is 2. The number of thiophene rings is 1. The van der Waals surface area contributed by atoms with Crippen LogP contribution in [0, 0.1) is 0 Å². The van der Waals surface area contributed by atoms with Gasteiger partial charge in [-0.15, -0.1) is 11.3 Å². The zero-order valence-electron chi connectivity index (χ0n) is 11.2. The smallest absolute Gasteiger partial charge is 0.268 e. The molecule has 0 spiro atoms. The van der Waals surface area contributed by atoms with Gasteiger partial charge in [0.25, 0.3) is 5.56 Å². The van der Waals surface area contributed by atoms with Gasteiger partial charge in [0, 0.05) is 32.7 Å². The molecule has 20 heavy (non-hydrogen) atoms. The van der Waals surface area contributed by atoms with Crippen LogP contribution in [0.1, 0.15) is 5.82 Å². The summed E-state index contributed by atoms with van der Waals surface area (Å²) in [6.45, 7) is 5.40. The monoisotopic (exact) mass is 294 g/mol. The summed E-state index contributed by atoms with van der Waals surface area (Å²) in [7, 11) is 0. The van der Waals surface area contributed by atoms with Gasteiger partial charge in [0.1, 0.15) is 10.5 Å². The van der Waals surface area contributed by atoms with Crippen LogP contribution in [0.15, 0.2) is 16.2 Å². The normalized spacial score (nSPS) is 17.9. The SMILES string of the molecule is O=c1[nH]c(CN2CCN(CCO)CC2)nc2ccsc12. The summed E-state index contributed by atoms with van der Waals surface area (Å²) >= 11 is 1.42. The first-order valence-electron chi connectivity index (χ1n) is 6.78. The fraction of sp³-hybridized carbons (Fsp3) is 0.538. The van der Waals surface area contributed by atoms with Crippen molar-refractivity contribution in [3.05, 3.63) is 27.6 Å². The molecule has 2 aromatic heterocycles. The molecule has 3 rings (SSSR count). The van der Waals surface area contributed by atoms with Gasteiger partial charge in [-0.25, -0.2) is 4.98 Å². The second-order valence-corrected chi connectivity index (χ2v) is 5.91. The van der Waals surface area contributed by atoms with Crippen LogP contribution in [0.2, 0.25) is 0 Å². The van der Waals surface area contributed by atoms with Crippen LogP contribution in [0.3, 0.4) is 0 Å². The van der Waals surface area contributed by atoms with Gasteiger partial charge in [0.15, 0.2) is 0 Å². The van der Waals surface area contributed by atoms with Gasteiger partial charge in [-0.05, 0) is 11.4 Å². The Balaban J connectivity index is 1.66. The number of β-amino-alcohol motifs (C(OH)–C–C–N with tert-alkyl or cyclic N) is 1. The summed E-state index contributed by atoms with van der Waals surface area (Å²) in [4.78, 5) is 23.8. The van der Waals surface area contributed by atoms with Crippen molar-refractivity contribution in [2.75, 3.05) is 39.3 Å². The summed E-state index contributed by atoms with van der Waals surface area (Å²) in [5.41, 5.74) is 0.742. The minimum Gasteiger partial charge on any atom is -0.395 e. The average Bonchev–Trinajstić information content (AvgIpc) is 2.90. The van der Waals surface area contributed by atoms with Gasteiger partial charge in [-0.2, -0.15) is 0 Å². The Morgan fingerprint density at radius 1 is 1.30 bits per heavy atom. The largest absolute Gasteiger partial charge is 0.395 e. The topological polar surface area (TPSA) is 72.5 Å². The van der Waals surface area contributed by atoms with Gasteiger partial charge >= 0.3 is 0 Å². The van der Waals surface area contributed by atoms with Gasteiger partial charge < -0.3 is 10.1 Å². The van der Waals surface area contributed by atoms with Crippen LogP contribution in [0.5, 0.6) is 0 Å². The molecule has 2 N–H and O–H groups in total. The zero-order valence-corrected chi connectivity index (χ0v) is 12.0. The predicted molar refractivity (Wildman–Crippen MR) is 79.0 cm³/mol. The van der Waals surface area contributed by atoms with Crippen molar-refractivity contribution in [2.24, 2.45) is 0 Å². The molecule has 0 unspecified atom stereocenters. The van der Waals surface area contributed by atoms with Crippen molar-refractivity contribution in [3.8, 4) is 0 Å². The van der Waals surface area contributed by atoms with Crippen LogP contribution in [0.4, 0.5) is 0 Å². The highest BCUT2D eigenvalue weighted by atomic mass is 32.1. The third kappa shape index (κ3) is 2.90. The minimum absolute atomic E-state index is 0.0427. The Hall–Kier alpha value is -1.28. The molecule has 0 saturated carbocycles. The van der Waals surface area contributed by atoms with Crippen LogP contribution in [0.25, 0.3) is 10.2 Å². The van der Waals surface area contributed by atoms with E-state index in [0.29, 0.717) is 11.2 Å². The Morgan fingerprint density at radius 2 is 2.05 bits per heavy atom. The third-order valence-electron chi connectivity index (χ3n) is 3.62. The van der Waals surface area contributed by atoms with E-state index in [9.17, 15) is 4.79 Å². The highest BCUT2D eigenvalue weighted by Crippen LogP contribution is 2.14. The molecule has 3 heterocycles. The summed E-state index contributed by atoms with van der Waals surface area (Å²) in [5, 5.41) is 10.8. The van der Waals surface area contributed by atoms with Gasteiger partial charge in [-0.1, -0.05) is 0 Å². The molecule has 1 fully saturated rings. The zero-order chi connectivity index (χ0) is 13.9. The highest BCUT2D eigenvalue weighted by Gasteiger charge is 2.17. The second kappa shape index (κ2) is 6.01. The fourth-order valence-electron chi connectivity index (χ4n) is 2.52. The number of fused-ring (bicyclic) bond motifs is 1. The van der Waals surface area contributed by atoms with E-state index < -0.39 is 0 Å². The van der Waals surface area contributed by atoms with Gasteiger partial charge in [-0.3, -0.25) is 14.6 Å². The van der Waals surface area contributed by atoms with Crippen molar-refractivity contribution < 1.29 is 5.11 Å². The van der Waals surface area contributed by atoms with Crippen molar-refractivity contribution in [3.63, 3.8) is 0 Å². The molecule has 0 atom stereocenters. The molecule has 0 amide bonds. The molecule has 7 heteroatoms. The van der Waals surface area contributed by atoms with Crippen molar-refractivity contribution in [2.45, 2.75) is 6.54 Å². The molecular weight excluding hydrogens is 276 g/mol. The fourth-order valence-corrected chi connectivity index (χ4v) is 3.25. The van der Waals surface area contributed by atoms with Crippen LogP contribution >= 0.6 is 11.3 Å². The Bertz CT molecular complexity index is 631. The standard InChI is InChI=1S/C13H18N4O2S/c18-7-6-16-2-4-17(5-3-16)9-11-14-10-1-8-20-12(10)13(19)15-11/h1,8,18H,2-7,9H2,(H,14,15,19). The number of rotatable bonds is 4. The molecule has 0 bridgehead atoms. The van der Waals surface area contributed by atoms with Crippen molar-refractivity contribution >= 4 is 21.6 Å².